The van der Waals surface area contributed by atoms with Crippen LogP contribution in [0.1, 0.15) is 27.0 Å². The standard InChI is InChI=1S/C24H28N4O3S/c1-31-23(29)17-27-9-8-20-14-22(7-6-21(20)16-27)26-24(30)19-4-2-18(3-5-19)15-25-28-10-12-32-13-11-28/h2-7,14-15H,8-13,16-17H2,1H3,(H,26,30). The third-order valence-corrected chi connectivity index (χ3v) is 6.61. The minimum absolute atomic E-state index is 0.135. The number of hydrazone groups is 1. The van der Waals surface area contributed by atoms with E-state index in [1.54, 1.807) is 0 Å². The number of hydrogen-bond donors (Lipinski definition) is 1. The van der Waals surface area contributed by atoms with E-state index in [0.29, 0.717) is 18.7 Å². The van der Waals surface area contributed by atoms with Gasteiger partial charge in [-0.05, 0) is 47.4 Å². The molecule has 0 aromatic heterocycles. The number of amides is 1. The number of anilines is 1. The summed E-state index contributed by atoms with van der Waals surface area (Å²) in [6, 6.07) is 13.4. The summed E-state index contributed by atoms with van der Waals surface area (Å²) >= 11 is 1.96. The fourth-order valence-electron chi connectivity index (χ4n) is 3.81. The van der Waals surface area contributed by atoms with Crippen LogP contribution in [-0.4, -0.2) is 72.8 Å². The van der Waals surface area contributed by atoms with Gasteiger partial charge in [0.2, 0.25) is 0 Å². The largest absolute Gasteiger partial charge is 0.468 e. The summed E-state index contributed by atoms with van der Waals surface area (Å²) in [5.74, 6) is 1.88. The average Bonchev–Trinajstić information content (AvgIpc) is 2.83. The minimum Gasteiger partial charge on any atom is -0.468 e. The number of rotatable bonds is 6. The molecular formula is C24H28N4O3S. The zero-order valence-corrected chi connectivity index (χ0v) is 19.1. The lowest BCUT2D eigenvalue weighted by Gasteiger charge is -2.28. The zero-order valence-electron chi connectivity index (χ0n) is 18.3. The molecular weight excluding hydrogens is 424 g/mol. The van der Waals surface area contributed by atoms with Gasteiger partial charge in [0, 0.05) is 48.9 Å². The van der Waals surface area contributed by atoms with Gasteiger partial charge in [-0.15, -0.1) is 0 Å². The molecule has 2 heterocycles. The molecule has 7 nitrogen and oxygen atoms in total. The molecule has 0 bridgehead atoms. The Bertz CT molecular complexity index is 987. The smallest absolute Gasteiger partial charge is 0.319 e. The SMILES string of the molecule is COC(=O)CN1CCc2cc(NC(=O)c3ccc(C=NN4CCSCC4)cc3)ccc2C1. The van der Waals surface area contributed by atoms with Gasteiger partial charge in [0.15, 0.2) is 0 Å². The molecule has 2 aromatic carbocycles. The molecule has 1 fully saturated rings. The lowest BCUT2D eigenvalue weighted by molar-refractivity contribution is -0.142. The van der Waals surface area contributed by atoms with E-state index in [1.807, 2.05) is 60.4 Å². The number of carbonyl (C=O) groups excluding carboxylic acids is 2. The van der Waals surface area contributed by atoms with E-state index >= 15 is 0 Å². The Morgan fingerprint density at radius 1 is 1.09 bits per heavy atom. The number of carbonyl (C=O) groups is 2. The van der Waals surface area contributed by atoms with Crippen LogP contribution in [0.2, 0.25) is 0 Å². The van der Waals surface area contributed by atoms with Crippen molar-refractivity contribution >= 4 is 35.5 Å². The molecule has 0 unspecified atom stereocenters. The lowest BCUT2D eigenvalue weighted by atomic mass is 9.99. The van der Waals surface area contributed by atoms with Crippen molar-refractivity contribution in [2.24, 2.45) is 5.10 Å². The van der Waals surface area contributed by atoms with Crippen LogP contribution in [0.5, 0.6) is 0 Å². The number of thioether (sulfide) groups is 1. The molecule has 0 aliphatic carbocycles. The topological polar surface area (TPSA) is 74.2 Å². The van der Waals surface area contributed by atoms with Gasteiger partial charge in [-0.1, -0.05) is 18.2 Å². The Hall–Kier alpha value is -2.84. The second kappa shape index (κ2) is 10.7. The molecule has 0 saturated carbocycles. The van der Waals surface area contributed by atoms with E-state index in [0.717, 1.165) is 48.8 Å². The molecule has 168 valence electrons. The van der Waals surface area contributed by atoms with Gasteiger partial charge < -0.3 is 10.1 Å². The highest BCUT2D eigenvalue weighted by atomic mass is 32.2. The number of esters is 1. The van der Waals surface area contributed by atoms with Gasteiger partial charge in [-0.25, -0.2) is 0 Å². The van der Waals surface area contributed by atoms with Gasteiger partial charge in [-0.2, -0.15) is 16.9 Å². The highest BCUT2D eigenvalue weighted by Crippen LogP contribution is 2.23. The number of methoxy groups -OCH3 is 1. The summed E-state index contributed by atoms with van der Waals surface area (Å²) in [7, 11) is 1.41. The number of hydrogen-bond acceptors (Lipinski definition) is 7. The summed E-state index contributed by atoms with van der Waals surface area (Å²) < 4.78 is 4.76. The number of nitrogens with one attached hydrogen (secondary N) is 1. The van der Waals surface area contributed by atoms with E-state index in [-0.39, 0.29) is 11.9 Å². The third kappa shape index (κ3) is 5.89. The molecule has 4 rings (SSSR count). The van der Waals surface area contributed by atoms with E-state index in [9.17, 15) is 9.59 Å². The molecule has 0 spiro atoms. The van der Waals surface area contributed by atoms with E-state index in [2.05, 4.69) is 20.3 Å². The van der Waals surface area contributed by atoms with Crippen molar-refractivity contribution in [3.05, 3.63) is 64.7 Å². The van der Waals surface area contributed by atoms with E-state index < -0.39 is 0 Å². The van der Waals surface area contributed by atoms with Crippen molar-refractivity contribution in [1.82, 2.24) is 9.91 Å². The van der Waals surface area contributed by atoms with Crippen LogP contribution in [0.25, 0.3) is 0 Å². The van der Waals surface area contributed by atoms with Crippen LogP contribution >= 0.6 is 11.8 Å². The Morgan fingerprint density at radius 2 is 1.88 bits per heavy atom. The Morgan fingerprint density at radius 3 is 2.62 bits per heavy atom. The molecule has 2 aromatic rings. The minimum atomic E-state index is -0.222. The monoisotopic (exact) mass is 452 g/mol. The lowest BCUT2D eigenvalue weighted by Crippen LogP contribution is -2.35. The van der Waals surface area contributed by atoms with Crippen LogP contribution in [0.4, 0.5) is 5.69 Å². The fourth-order valence-corrected chi connectivity index (χ4v) is 4.70. The van der Waals surface area contributed by atoms with Crippen LogP contribution < -0.4 is 5.32 Å². The Balaban J connectivity index is 1.34. The highest BCUT2D eigenvalue weighted by molar-refractivity contribution is 7.99. The van der Waals surface area contributed by atoms with Crippen molar-refractivity contribution in [3.63, 3.8) is 0 Å². The first-order chi connectivity index (χ1) is 15.6. The van der Waals surface area contributed by atoms with Crippen molar-refractivity contribution in [2.45, 2.75) is 13.0 Å². The molecule has 2 aliphatic rings. The molecule has 1 amide bonds. The molecule has 1 saturated heterocycles. The van der Waals surface area contributed by atoms with Gasteiger partial charge in [0.05, 0.1) is 19.9 Å². The van der Waals surface area contributed by atoms with Gasteiger partial charge in [0.1, 0.15) is 0 Å². The molecule has 0 atom stereocenters. The third-order valence-electron chi connectivity index (χ3n) is 5.67. The van der Waals surface area contributed by atoms with E-state index in [1.165, 1.54) is 18.2 Å². The van der Waals surface area contributed by atoms with Crippen molar-refractivity contribution in [3.8, 4) is 0 Å². The quantitative estimate of drug-likeness (QED) is 0.537. The van der Waals surface area contributed by atoms with Crippen molar-refractivity contribution in [1.29, 1.82) is 0 Å². The summed E-state index contributed by atoms with van der Waals surface area (Å²) in [5.41, 5.74) is 4.74. The van der Waals surface area contributed by atoms with Gasteiger partial charge >= 0.3 is 5.97 Å². The second-order valence-corrected chi connectivity index (χ2v) is 9.13. The number of fused-ring (bicyclic) bond motifs is 1. The number of benzene rings is 2. The van der Waals surface area contributed by atoms with Crippen LogP contribution in [0.3, 0.4) is 0 Å². The summed E-state index contributed by atoms with van der Waals surface area (Å²) in [6.45, 7) is 3.75. The first-order valence-corrected chi connectivity index (χ1v) is 12.0. The summed E-state index contributed by atoms with van der Waals surface area (Å²) in [5, 5.41) is 9.61. The predicted molar refractivity (Wildman–Crippen MR) is 128 cm³/mol. The van der Waals surface area contributed by atoms with Crippen LogP contribution in [0, 0.1) is 0 Å². The molecule has 32 heavy (non-hydrogen) atoms. The van der Waals surface area contributed by atoms with Gasteiger partial charge in [-0.3, -0.25) is 19.5 Å². The van der Waals surface area contributed by atoms with E-state index in [4.69, 9.17) is 4.74 Å². The summed E-state index contributed by atoms with van der Waals surface area (Å²) in [4.78, 5) is 26.3. The number of nitrogens with zero attached hydrogens (tertiary/aromatic N) is 3. The van der Waals surface area contributed by atoms with Crippen LogP contribution in [-0.2, 0) is 22.5 Å². The molecule has 8 heteroatoms. The predicted octanol–water partition coefficient (Wildman–Crippen LogP) is 2.85. The molecule has 2 aliphatic heterocycles. The highest BCUT2D eigenvalue weighted by Gasteiger charge is 2.19. The van der Waals surface area contributed by atoms with Gasteiger partial charge in [0.25, 0.3) is 5.91 Å². The maximum absolute atomic E-state index is 12.7. The normalized spacial score (nSPS) is 16.6. The Kier molecular flexibility index (Phi) is 7.44. The Labute approximate surface area is 192 Å². The van der Waals surface area contributed by atoms with Crippen molar-refractivity contribution < 1.29 is 14.3 Å². The zero-order chi connectivity index (χ0) is 22.3. The average molecular weight is 453 g/mol. The van der Waals surface area contributed by atoms with Crippen molar-refractivity contribution in [2.75, 3.05) is 50.1 Å². The maximum atomic E-state index is 12.7. The second-order valence-electron chi connectivity index (χ2n) is 7.91. The molecule has 0 radical (unpaired) electrons. The summed E-state index contributed by atoms with van der Waals surface area (Å²) in [6.07, 6.45) is 2.68. The number of ether oxygens (including phenoxy) is 1. The maximum Gasteiger partial charge on any atom is 0.319 e. The van der Waals surface area contributed by atoms with Crippen LogP contribution in [0.15, 0.2) is 47.6 Å². The fraction of sp³-hybridized carbons (Fsp3) is 0.375. The molecule has 1 N–H and O–H groups in total. The first kappa shape index (κ1) is 22.4. The first-order valence-electron chi connectivity index (χ1n) is 10.8.